The van der Waals surface area contributed by atoms with E-state index in [2.05, 4.69) is 5.32 Å². The van der Waals surface area contributed by atoms with E-state index < -0.39 is 45.9 Å². The second-order valence-electron chi connectivity index (χ2n) is 3.69. The van der Waals surface area contributed by atoms with Crippen LogP contribution >= 0.6 is 0 Å². The molecule has 0 bridgehead atoms. The van der Waals surface area contributed by atoms with Gasteiger partial charge in [0.25, 0.3) is 0 Å². The van der Waals surface area contributed by atoms with Gasteiger partial charge in [0, 0.05) is 0 Å². The summed E-state index contributed by atoms with van der Waals surface area (Å²) >= 11 is 0. The van der Waals surface area contributed by atoms with Gasteiger partial charge >= 0.3 is 29.6 Å². The molecule has 0 spiro atoms. The number of halogens is 5. The van der Waals surface area contributed by atoms with Crippen LogP contribution < -0.4 is 35.0 Å². The maximum atomic E-state index is 13.4. The molecule has 0 unspecified atom stereocenters. The third-order valence-electron chi connectivity index (χ3n) is 2.40. The van der Waals surface area contributed by atoms with Gasteiger partial charge in [-0.25, -0.2) is 22.0 Å². The van der Waals surface area contributed by atoms with Gasteiger partial charge in [-0.15, -0.1) is 0 Å². The fraction of sp³-hybridized carbons (Fsp3) is 0. The summed E-state index contributed by atoms with van der Waals surface area (Å²) in [6.07, 6.45) is 0. The van der Waals surface area contributed by atoms with Crippen LogP contribution in [0.1, 0.15) is 0 Å². The zero-order chi connectivity index (χ0) is 14.9. The molecule has 0 aliphatic carbocycles. The molecule has 0 radical (unpaired) electrons. The molecular formula is C13H5F5NNaO. The number of rotatable bonds is 2. The van der Waals surface area contributed by atoms with Crippen molar-refractivity contribution in [3.8, 4) is 0 Å². The van der Waals surface area contributed by atoms with E-state index in [0.29, 0.717) is 0 Å². The summed E-state index contributed by atoms with van der Waals surface area (Å²) in [7, 11) is 0. The minimum Gasteiger partial charge on any atom is -0.650 e. The Morgan fingerprint density at radius 1 is 0.714 bits per heavy atom. The quantitative estimate of drug-likeness (QED) is 0.353. The molecule has 0 amide bonds. The SMILES string of the molecule is O=c1cccccc1[N-]c1c(F)c(F)c(F)c(F)c1F.[Na+]. The Morgan fingerprint density at radius 3 is 1.76 bits per heavy atom. The van der Waals surface area contributed by atoms with E-state index in [4.69, 9.17) is 0 Å². The predicted molar refractivity (Wildman–Crippen MR) is 61.6 cm³/mol. The molecule has 0 aliphatic heterocycles. The molecule has 21 heavy (non-hydrogen) atoms. The van der Waals surface area contributed by atoms with E-state index >= 15 is 0 Å². The summed E-state index contributed by atoms with van der Waals surface area (Å²) in [5.74, 6) is -10.7. The Morgan fingerprint density at radius 2 is 1.19 bits per heavy atom. The summed E-state index contributed by atoms with van der Waals surface area (Å²) in [6.45, 7) is 0. The van der Waals surface area contributed by atoms with E-state index in [-0.39, 0.29) is 29.6 Å². The molecule has 0 N–H and O–H groups in total. The molecule has 0 saturated heterocycles. The maximum absolute atomic E-state index is 13.4. The molecule has 2 nitrogen and oxygen atoms in total. The number of benzene rings is 1. The number of nitrogens with zero attached hydrogens (tertiary/aromatic N) is 1. The van der Waals surface area contributed by atoms with Crippen LogP contribution in [0.3, 0.4) is 0 Å². The molecular weight excluding hydrogens is 304 g/mol. The number of hydrogen-bond donors (Lipinski definition) is 0. The standard InChI is InChI=1S/C13H6F5NO.Na/c14-8-9(15)11(17)13(12(18)10(8)16)19-6-4-2-1-3-5-7(6)20;/h1-5H,(H,19,20);/q;+1/p-1. The Kier molecular flexibility index (Phi) is 5.88. The molecule has 0 aliphatic rings. The normalized spacial score (nSPS) is 9.95. The predicted octanol–water partition coefficient (Wildman–Crippen LogP) is 1.08. The summed E-state index contributed by atoms with van der Waals surface area (Å²) in [5, 5.41) is 3.23. The van der Waals surface area contributed by atoms with Gasteiger partial charge in [0.1, 0.15) is 11.6 Å². The summed E-state index contributed by atoms with van der Waals surface area (Å²) in [6, 6.07) is 6.27. The van der Waals surface area contributed by atoms with Gasteiger partial charge in [-0.05, 0) is 6.07 Å². The first-order valence-electron chi connectivity index (χ1n) is 5.26. The molecule has 8 heteroatoms. The average Bonchev–Trinajstić information content (AvgIpc) is 2.64. The second-order valence-corrected chi connectivity index (χ2v) is 3.69. The first kappa shape index (κ1) is 17.6. The molecule has 2 aromatic rings. The van der Waals surface area contributed by atoms with Crippen molar-refractivity contribution >= 4 is 11.4 Å². The molecule has 0 saturated carbocycles. The van der Waals surface area contributed by atoms with E-state index in [1.165, 1.54) is 18.2 Å². The summed E-state index contributed by atoms with van der Waals surface area (Å²) < 4.78 is 65.6. The van der Waals surface area contributed by atoms with Crippen LogP contribution in [0.4, 0.5) is 33.3 Å². The van der Waals surface area contributed by atoms with Gasteiger partial charge in [-0.3, -0.25) is 4.79 Å². The second kappa shape index (κ2) is 7.02. The maximum Gasteiger partial charge on any atom is 1.00 e. The minimum atomic E-state index is -2.28. The van der Waals surface area contributed by atoms with Crippen molar-refractivity contribution < 1.29 is 51.5 Å². The molecule has 0 heterocycles. The summed E-state index contributed by atoms with van der Waals surface area (Å²) in [4.78, 5) is 11.5. The molecule has 104 valence electrons. The van der Waals surface area contributed by atoms with Gasteiger partial charge < -0.3 is 5.32 Å². The number of hydrogen-bond acceptors (Lipinski definition) is 1. The van der Waals surface area contributed by atoms with Crippen LogP contribution in [0.25, 0.3) is 5.32 Å². The van der Waals surface area contributed by atoms with Crippen molar-refractivity contribution in [1.82, 2.24) is 0 Å². The van der Waals surface area contributed by atoms with Crippen molar-refractivity contribution in [3.05, 3.63) is 75.0 Å². The first-order valence-corrected chi connectivity index (χ1v) is 5.26. The van der Waals surface area contributed by atoms with Crippen molar-refractivity contribution in [2.45, 2.75) is 0 Å². The largest absolute Gasteiger partial charge is 1.00 e. The van der Waals surface area contributed by atoms with Crippen molar-refractivity contribution in [2.75, 3.05) is 0 Å². The fourth-order valence-corrected chi connectivity index (χ4v) is 1.43. The minimum absolute atomic E-state index is 0. The monoisotopic (exact) mass is 309 g/mol. The van der Waals surface area contributed by atoms with Crippen LogP contribution in [-0.4, -0.2) is 0 Å². The first-order chi connectivity index (χ1) is 9.43. The van der Waals surface area contributed by atoms with Crippen molar-refractivity contribution in [2.24, 2.45) is 0 Å². The zero-order valence-electron chi connectivity index (χ0n) is 10.6. The topological polar surface area (TPSA) is 31.2 Å². The Labute approximate surface area is 137 Å². The Balaban J connectivity index is 0.00000220. The van der Waals surface area contributed by atoms with Crippen LogP contribution in [0, 0.1) is 29.1 Å². The zero-order valence-corrected chi connectivity index (χ0v) is 12.6. The van der Waals surface area contributed by atoms with Crippen LogP contribution in [-0.2, 0) is 0 Å². The van der Waals surface area contributed by atoms with Gasteiger partial charge in [-0.2, -0.15) is 0 Å². The van der Waals surface area contributed by atoms with E-state index in [0.717, 1.165) is 12.1 Å². The van der Waals surface area contributed by atoms with Crippen LogP contribution in [0.5, 0.6) is 0 Å². The molecule has 0 fully saturated rings. The molecule has 2 rings (SSSR count). The Bertz CT molecular complexity index is 709. The van der Waals surface area contributed by atoms with Crippen molar-refractivity contribution in [3.63, 3.8) is 0 Å². The van der Waals surface area contributed by atoms with Gasteiger partial charge in [0.2, 0.25) is 0 Å². The van der Waals surface area contributed by atoms with Gasteiger partial charge in [-0.1, -0.05) is 35.6 Å². The molecule has 2 aromatic carbocycles. The fourth-order valence-electron chi connectivity index (χ4n) is 1.43. The van der Waals surface area contributed by atoms with Crippen molar-refractivity contribution in [1.29, 1.82) is 0 Å². The van der Waals surface area contributed by atoms with E-state index in [1.54, 1.807) is 0 Å². The molecule has 0 aromatic heterocycles. The summed E-state index contributed by atoms with van der Waals surface area (Å²) in [5.41, 5.74) is -2.57. The third-order valence-corrected chi connectivity index (χ3v) is 2.40. The van der Waals surface area contributed by atoms with Crippen LogP contribution in [0.2, 0.25) is 0 Å². The third kappa shape index (κ3) is 3.42. The van der Waals surface area contributed by atoms with E-state index in [9.17, 15) is 26.7 Å². The molecule has 0 atom stereocenters. The average molecular weight is 309 g/mol. The van der Waals surface area contributed by atoms with Gasteiger partial charge in [0.05, 0.1) is 0 Å². The smallest absolute Gasteiger partial charge is 0.650 e. The van der Waals surface area contributed by atoms with Crippen LogP contribution in [0.15, 0.2) is 35.1 Å². The van der Waals surface area contributed by atoms with Gasteiger partial charge in [0.15, 0.2) is 22.9 Å². The Hall–Kier alpha value is -1.44. The van der Waals surface area contributed by atoms with E-state index in [1.807, 2.05) is 0 Å².